The summed E-state index contributed by atoms with van der Waals surface area (Å²) in [6.45, 7) is 5.55. The first kappa shape index (κ1) is 53.9. The first-order chi connectivity index (χ1) is 32.8. The molecule has 21 heteroatoms. The monoisotopic (exact) mass is 1010 g/mol. The van der Waals surface area contributed by atoms with Gasteiger partial charge in [0, 0.05) is 77.6 Å². The van der Waals surface area contributed by atoms with Crippen molar-refractivity contribution in [3.05, 3.63) is 69.1 Å². The molecule has 1 saturated carbocycles. The summed E-state index contributed by atoms with van der Waals surface area (Å²) in [4.78, 5) is 102. The Morgan fingerprint density at radius 2 is 1.64 bits per heavy atom. The highest BCUT2D eigenvalue weighted by atomic mass is 35.5. The lowest BCUT2D eigenvalue weighted by Gasteiger charge is -2.48. The minimum absolute atomic E-state index is 0.0505. The number of hydrogen-bond acceptors (Lipinski definition) is 7. The summed E-state index contributed by atoms with van der Waals surface area (Å²) in [5.41, 5.74) is -2.41. The summed E-state index contributed by atoms with van der Waals surface area (Å²) in [5.74, 6) is -8.72. The van der Waals surface area contributed by atoms with E-state index in [1.807, 2.05) is 26.0 Å². The summed E-state index contributed by atoms with van der Waals surface area (Å²) in [6, 6.07) is 2.46. The quantitative estimate of drug-likeness (QED) is 0.257. The van der Waals surface area contributed by atoms with Gasteiger partial charge in [0.1, 0.15) is 36.0 Å². The van der Waals surface area contributed by atoms with Crippen molar-refractivity contribution in [2.24, 2.45) is 11.3 Å². The summed E-state index contributed by atoms with van der Waals surface area (Å²) in [6.07, 6.45) is -4.63. The molecule has 0 spiro atoms. The van der Waals surface area contributed by atoms with E-state index in [4.69, 9.17) is 11.6 Å². The first-order valence-corrected chi connectivity index (χ1v) is 24.2. The Morgan fingerprint density at radius 1 is 0.957 bits per heavy atom. The van der Waals surface area contributed by atoms with Crippen molar-refractivity contribution < 1.29 is 55.1 Å². The van der Waals surface area contributed by atoms with Gasteiger partial charge in [-0.1, -0.05) is 63.3 Å². The summed E-state index contributed by atoms with van der Waals surface area (Å²) in [5, 5.41) is 5.56. The number of hydrogen-bond donors (Lipinski definition) is 2. The van der Waals surface area contributed by atoms with E-state index in [1.54, 1.807) is 29.0 Å². The molecule has 0 radical (unpaired) electrons. The Balaban J connectivity index is 1.28. The van der Waals surface area contributed by atoms with Crippen molar-refractivity contribution in [2.75, 3.05) is 45.6 Å². The van der Waals surface area contributed by atoms with Gasteiger partial charge in [-0.3, -0.25) is 33.6 Å². The Kier molecular flexibility index (Phi) is 16.9. The van der Waals surface area contributed by atoms with Crippen LogP contribution in [-0.2, 0) is 35.2 Å². The maximum absolute atomic E-state index is 14.8. The predicted molar refractivity (Wildman–Crippen MR) is 249 cm³/mol. The van der Waals surface area contributed by atoms with Crippen LogP contribution in [0, 0.1) is 11.3 Å². The summed E-state index contributed by atoms with van der Waals surface area (Å²) in [7, 11) is 3.18. The molecule has 4 aliphatic rings. The third kappa shape index (κ3) is 12.0. The van der Waals surface area contributed by atoms with Crippen LogP contribution in [0.3, 0.4) is 0 Å². The molecular weight excluding hydrogens is 948 g/mol. The summed E-state index contributed by atoms with van der Waals surface area (Å²) < 4.78 is 86.1. The zero-order chi connectivity index (χ0) is 51.5. The van der Waals surface area contributed by atoms with Crippen LogP contribution in [0.25, 0.3) is 5.57 Å². The average molecular weight is 1010 g/mol. The maximum Gasteiger partial charge on any atom is 0.403 e. The number of nitrogens with one attached hydrogen (secondary N) is 2. The van der Waals surface area contributed by atoms with E-state index in [9.17, 15) is 59.9 Å². The maximum atomic E-state index is 14.8. The molecule has 2 saturated heterocycles. The standard InChI is InChI=1S/C49H62ClF6N7O7/c1-29(2)22-37-43(67)60(5)40(24-32-23-33(50)14-15-35(32)31-16-20-61(21-17-31)30(3)64)45(69)59(4)18-10-8-6-7-9-13-38(41(65)58-37)62-19-11-12-36(44(62)68)57-42(66)39-25-34(51)26-63(39)46(70)47(49(54,55)56)27-48(52,53)28-47/h11-12,14-16,19,23,29,34,37-40H,6-10,13,17-18,20-22,24-28H2,1-5H3,(H,57,66)(H,58,65)/t34-,37+,38+,39+,40+/m1/s1. The number of benzene rings is 1. The molecule has 1 aromatic carbocycles. The van der Waals surface area contributed by atoms with Crippen LogP contribution < -0.4 is 16.2 Å². The number of pyridine rings is 1. The smallest absolute Gasteiger partial charge is 0.344 e. The summed E-state index contributed by atoms with van der Waals surface area (Å²) >= 11 is 6.55. The molecule has 6 amide bonds. The van der Waals surface area contributed by atoms with Crippen molar-refractivity contribution in [3.63, 3.8) is 0 Å². The lowest BCUT2D eigenvalue weighted by Crippen LogP contribution is -2.64. The fourth-order valence-corrected chi connectivity index (χ4v) is 10.3. The van der Waals surface area contributed by atoms with Crippen molar-refractivity contribution in [3.8, 4) is 0 Å². The topological polar surface area (TPSA) is 161 Å². The van der Waals surface area contributed by atoms with Crippen LogP contribution in [0.15, 0.2) is 47.4 Å². The third-order valence-corrected chi connectivity index (χ3v) is 14.2. The van der Waals surface area contributed by atoms with Gasteiger partial charge in [0.05, 0.1) is 6.54 Å². The van der Waals surface area contributed by atoms with Gasteiger partial charge in [0.2, 0.25) is 35.4 Å². The minimum atomic E-state index is -5.42. The average Bonchev–Trinajstić information content (AvgIpc) is 3.68. The number of carbonyl (C=O) groups excluding carboxylic acids is 6. The fraction of sp³-hybridized carbons (Fsp3) is 0.612. The molecule has 0 bridgehead atoms. The molecular formula is C49H62ClF6N7O7. The van der Waals surface area contributed by atoms with Gasteiger partial charge in [-0.2, -0.15) is 13.2 Å². The van der Waals surface area contributed by atoms with Gasteiger partial charge in [-0.05, 0) is 72.6 Å². The van der Waals surface area contributed by atoms with E-state index in [0.29, 0.717) is 73.6 Å². The molecule has 6 rings (SSSR count). The molecule has 3 fully saturated rings. The van der Waals surface area contributed by atoms with Crippen molar-refractivity contribution in [2.45, 2.75) is 140 Å². The van der Waals surface area contributed by atoms with Crippen LogP contribution in [0.1, 0.15) is 109 Å². The molecule has 2 aromatic rings. The zero-order valence-corrected chi connectivity index (χ0v) is 40.8. The minimum Gasteiger partial charge on any atom is -0.344 e. The Morgan fingerprint density at radius 3 is 2.27 bits per heavy atom. The number of aromatic nitrogens is 1. The van der Waals surface area contributed by atoms with Gasteiger partial charge < -0.3 is 34.8 Å². The number of likely N-dealkylation sites (tertiary alicyclic amines) is 1. The number of carbonyl (C=O) groups is 6. The number of likely N-dealkylation sites (N-methyl/N-ethyl adjacent to an activating group) is 2. The normalized spacial score (nSPS) is 25.1. The number of amides is 6. The molecule has 2 N–H and O–H groups in total. The molecule has 4 heterocycles. The Hall–Kier alpha value is -5.40. The number of anilines is 1. The van der Waals surface area contributed by atoms with Gasteiger partial charge in [-0.25, -0.2) is 13.2 Å². The van der Waals surface area contributed by atoms with Gasteiger partial charge in [-0.15, -0.1) is 0 Å². The molecule has 1 aromatic heterocycles. The SMILES string of the molecule is CC(=O)N1CC=C(c2ccc(Cl)cc2C[C@H]2C(=O)N(C)CCCCCCC[C@H](n3cccc(NC(=O)[C@@H]4C[C@@H](F)CN4C(=O)C4(C(F)(F)F)CC(F)(F)C4)c3=O)C(=O)N[C@@H](CC(C)C)C(=O)N2C)CC1. The lowest BCUT2D eigenvalue weighted by molar-refractivity contribution is -0.299. The number of alkyl halides is 6. The van der Waals surface area contributed by atoms with Crippen molar-refractivity contribution in [1.82, 2.24) is 29.5 Å². The van der Waals surface area contributed by atoms with Gasteiger partial charge in [0.15, 0.2) is 5.41 Å². The third-order valence-electron chi connectivity index (χ3n) is 14.0. The fourth-order valence-electron chi connectivity index (χ4n) is 10.1. The van der Waals surface area contributed by atoms with Gasteiger partial charge in [0.25, 0.3) is 11.5 Å². The highest BCUT2D eigenvalue weighted by molar-refractivity contribution is 6.30. The molecule has 14 nitrogen and oxygen atoms in total. The molecule has 3 aliphatic heterocycles. The second kappa shape index (κ2) is 21.9. The zero-order valence-electron chi connectivity index (χ0n) is 40.1. The van der Waals surface area contributed by atoms with E-state index >= 15 is 0 Å². The number of nitrogens with zero attached hydrogens (tertiary/aromatic N) is 5. The van der Waals surface area contributed by atoms with Crippen LogP contribution in [0.2, 0.25) is 5.02 Å². The van der Waals surface area contributed by atoms with E-state index in [1.165, 1.54) is 31.1 Å². The predicted octanol–water partition coefficient (Wildman–Crippen LogP) is 6.95. The van der Waals surface area contributed by atoms with Crippen LogP contribution in [-0.4, -0.2) is 136 Å². The van der Waals surface area contributed by atoms with Crippen LogP contribution >= 0.6 is 11.6 Å². The lowest BCUT2D eigenvalue weighted by atomic mass is 9.64. The molecule has 0 unspecified atom stereocenters. The highest BCUT2D eigenvalue weighted by Gasteiger charge is 2.75. The largest absolute Gasteiger partial charge is 0.403 e. The van der Waals surface area contributed by atoms with Crippen LogP contribution in [0.4, 0.5) is 32.0 Å². The van der Waals surface area contributed by atoms with E-state index < -0.39 is 109 Å². The molecule has 384 valence electrons. The second-order valence-electron chi connectivity index (χ2n) is 19.7. The number of rotatable bonds is 9. The molecule has 5 atom stereocenters. The van der Waals surface area contributed by atoms with Crippen molar-refractivity contribution >= 4 is 58.3 Å². The molecule has 70 heavy (non-hydrogen) atoms. The Bertz CT molecular complexity index is 2400. The molecule has 1 aliphatic carbocycles. The highest BCUT2D eigenvalue weighted by Crippen LogP contribution is 2.61. The second-order valence-corrected chi connectivity index (χ2v) is 20.1. The van der Waals surface area contributed by atoms with Gasteiger partial charge >= 0.3 is 6.18 Å². The van der Waals surface area contributed by atoms with E-state index in [-0.39, 0.29) is 37.0 Å². The number of halogens is 7. The van der Waals surface area contributed by atoms with E-state index in [0.717, 1.165) is 21.8 Å². The van der Waals surface area contributed by atoms with Crippen LogP contribution in [0.5, 0.6) is 0 Å². The van der Waals surface area contributed by atoms with Crippen molar-refractivity contribution in [1.29, 1.82) is 0 Å². The Labute approximate surface area is 408 Å². The first-order valence-electron chi connectivity index (χ1n) is 23.8. The van der Waals surface area contributed by atoms with E-state index in [2.05, 4.69) is 10.6 Å².